The molecule has 0 saturated heterocycles. The zero-order valence-corrected chi connectivity index (χ0v) is 12.3. The van der Waals surface area contributed by atoms with Gasteiger partial charge in [0.15, 0.2) is 5.82 Å². The van der Waals surface area contributed by atoms with Gasteiger partial charge in [0.2, 0.25) is 10.0 Å². The Kier molecular flexibility index (Phi) is 4.07. The van der Waals surface area contributed by atoms with Gasteiger partial charge in [0.1, 0.15) is 11.6 Å². The number of H-pyrrole nitrogens is 1. The Labute approximate surface area is 120 Å². The SMILES string of the molecule is Cc1nc(C(C)NS(=O)(=O)c2ccc(F)c(Cl)c2)n[nH]1. The summed E-state index contributed by atoms with van der Waals surface area (Å²) in [6.45, 7) is 3.31. The van der Waals surface area contributed by atoms with E-state index in [0.29, 0.717) is 11.6 Å². The highest BCUT2D eigenvalue weighted by Crippen LogP contribution is 2.20. The van der Waals surface area contributed by atoms with Crippen molar-refractivity contribution in [1.29, 1.82) is 0 Å². The van der Waals surface area contributed by atoms with Crippen molar-refractivity contribution in [2.24, 2.45) is 0 Å². The summed E-state index contributed by atoms with van der Waals surface area (Å²) in [5.41, 5.74) is 0. The fourth-order valence-corrected chi connectivity index (χ4v) is 3.02. The van der Waals surface area contributed by atoms with E-state index in [1.54, 1.807) is 13.8 Å². The number of aromatic amines is 1. The molecule has 0 fully saturated rings. The number of benzene rings is 1. The second-order valence-electron chi connectivity index (χ2n) is 4.20. The van der Waals surface area contributed by atoms with Crippen LogP contribution in [0.1, 0.15) is 24.6 Å². The predicted molar refractivity (Wildman–Crippen MR) is 71.3 cm³/mol. The number of aromatic nitrogens is 3. The van der Waals surface area contributed by atoms with Gasteiger partial charge in [0.05, 0.1) is 16.0 Å². The standard InChI is InChI=1S/C11H12ClFN4O2S/c1-6(11-14-7(2)15-16-11)17-20(18,19)8-3-4-10(13)9(12)5-8/h3-6,17H,1-2H3,(H,14,15,16). The Bertz CT molecular complexity index is 732. The van der Waals surface area contributed by atoms with Crippen molar-refractivity contribution in [1.82, 2.24) is 19.9 Å². The first-order valence-electron chi connectivity index (χ1n) is 5.66. The van der Waals surface area contributed by atoms with Crippen LogP contribution in [0, 0.1) is 12.7 Å². The summed E-state index contributed by atoms with van der Waals surface area (Å²) in [6, 6.07) is 2.56. The number of sulfonamides is 1. The smallest absolute Gasteiger partial charge is 0.241 e. The van der Waals surface area contributed by atoms with E-state index in [1.165, 1.54) is 0 Å². The van der Waals surface area contributed by atoms with Crippen molar-refractivity contribution in [2.45, 2.75) is 24.8 Å². The molecule has 1 aromatic carbocycles. The molecule has 6 nitrogen and oxygen atoms in total. The van der Waals surface area contributed by atoms with Gasteiger partial charge in [-0.3, -0.25) is 5.10 Å². The number of halogens is 2. The molecule has 1 aromatic heterocycles. The maximum Gasteiger partial charge on any atom is 0.241 e. The molecule has 0 aliphatic heterocycles. The third-order valence-corrected chi connectivity index (χ3v) is 4.36. The van der Waals surface area contributed by atoms with Crippen molar-refractivity contribution < 1.29 is 12.8 Å². The van der Waals surface area contributed by atoms with Crippen LogP contribution in [0.2, 0.25) is 5.02 Å². The van der Waals surface area contributed by atoms with Crippen LogP contribution in [0.15, 0.2) is 23.1 Å². The van der Waals surface area contributed by atoms with Gasteiger partial charge in [-0.05, 0) is 32.0 Å². The van der Waals surface area contributed by atoms with E-state index in [1.807, 2.05) is 0 Å². The van der Waals surface area contributed by atoms with Crippen molar-refractivity contribution in [3.63, 3.8) is 0 Å². The highest BCUT2D eigenvalue weighted by atomic mass is 35.5. The highest BCUT2D eigenvalue weighted by Gasteiger charge is 2.21. The summed E-state index contributed by atoms with van der Waals surface area (Å²) in [5.74, 6) is 0.221. The lowest BCUT2D eigenvalue weighted by Gasteiger charge is -2.11. The summed E-state index contributed by atoms with van der Waals surface area (Å²) >= 11 is 5.58. The Morgan fingerprint density at radius 1 is 1.45 bits per heavy atom. The molecule has 0 spiro atoms. The zero-order valence-electron chi connectivity index (χ0n) is 10.7. The molecule has 1 heterocycles. The Balaban J connectivity index is 2.24. The van der Waals surface area contributed by atoms with Crippen molar-refractivity contribution in [3.05, 3.63) is 40.7 Å². The average Bonchev–Trinajstić information content (AvgIpc) is 2.79. The highest BCUT2D eigenvalue weighted by molar-refractivity contribution is 7.89. The molecule has 0 aliphatic carbocycles. The van der Waals surface area contributed by atoms with Crippen LogP contribution >= 0.6 is 11.6 Å². The summed E-state index contributed by atoms with van der Waals surface area (Å²) < 4.78 is 39.7. The van der Waals surface area contributed by atoms with Crippen LogP contribution < -0.4 is 4.72 Å². The lowest BCUT2D eigenvalue weighted by Crippen LogP contribution is -2.27. The van der Waals surface area contributed by atoms with E-state index in [-0.39, 0.29) is 9.92 Å². The van der Waals surface area contributed by atoms with Crippen LogP contribution in [0.3, 0.4) is 0 Å². The lowest BCUT2D eigenvalue weighted by atomic mass is 10.3. The average molecular weight is 319 g/mol. The largest absolute Gasteiger partial charge is 0.263 e. The lowest BCUT2D eigenvalue weighted by molar-refractivity contribution is 0.559. The molecule has 2 N–H and O–H groups in total. The molecule has 0 aliphatic rings. The maximum absolute atomic E-state index is 13.0. The molecule has 2 rings (SSSR count). The molecule has 108 valence electrons. The first-order chi connectivity index (χ1) is 9.29. The van der Waals surface area contributed by atoms with E-state index in [0.717, 1.165) is 18.2 Å². The number of hydrogen-bond donors (Lipinski definition) is 2. The molecule has 20 heavy (non-hydrogen) atoms. The summed E-state index contributed by atoms with van der Waals surface area (Å²) in [5, 5.41) is 6.25. The molecular weight excluding hydrogens is 307 g/mol. The normalized spacial score (nSPS) is 13.4. The first-order valence-corrected chi connectivity index (χ1v) is 7.52. The minimum atomic E-state index is -3.83. The molecule has 1 atom stereocenters. The third kappa shape index (κ3) is 3.14. The first kappa shape index (κ1) is 14.9. The van der Waals surface area contributed by atoms with E-state index in [2.05, 4.69) is 19.9 Å². The monoisotopic (exact) mass is 318 g/mol. The number of aryl methyl sites for hydroxylation is 1. The van der Waals surface area contributed by atoms with Crippen LogP contribution in [-0.2, 0) is 10.0 Å². The van der Waals surface area contributed by atoms with Gasteiger partial charge in [-0.25, -0.2) is 22.5 Å². The van der Waals surface area contributed by atoms with Crippen LogP contribution in [0.4, 0.5) is 4.39 Å². The van der Waals surface area contributed by atoms with Gasteiger partial charge in [-0.2, -0.15) is 5.10 Å². The Hall–Kier alpha value is -1.51. The van der Waals surface area contributed by atoms with Gasteiger partial charge in [-0.1, -0.05) is 11.6 Å². The minimum Gasteiger partial charge on any atom is -0.263 e. The van der Waals surface area contributed by atoms with Gasteiger partial charge in [0, 0.05) is 0 Å². The predicted octanol–water partition coefficient (Wildman–Crippen LogP) is 1.95. The van der Waals surface area contributed by atoms with Gasteiger partial charge < -0.3 is 0 Å². The third-order valence-electron chi connectivity index (χ3n) is 2.54. The second-order valence-corrected chi connectivity index (χ2v) is 6.32. The summed E-state index contributed by atoms with van der Waals surface area (Å²) in [7, 11) is -3.83. The zero-order chi connectivity index (χ0) is 14.9. The second kappa shape index (κ2) is 5.47. The number of rotatable bonds is 4. The summed E-state index contributed by atoms with van der Waals surface area (Å²) in [6.07, 6.45) is 0. The summed E-state index contributed by atoms with van der Waals surface area (Å²) in [4.78, 5) is 3.92. The van der Waals surface area contributed by atoms with E-state index >= 15 is 0 Å². The van der Waals surface area contributed by atoms with Crippen molar-refractivity contribution >= 4 is 21.6 Å². The van der Waals surface area contributed by atoms with Gasteiger partial charge in [-0.15, -0.1) is 0 Å². The Morgan fingerprint density at radius 3 is 2.70 bits per heavy atom. The van der Waals surface area contributed by atoms with Gasteiger partial charge >= 0.3 is 0 Å². The molecule has 9 heteroatoms. The molecule has 0 bridgehead atoms. The molecule has 0 radical (unpaired) electrons. The molecule has 1 unspecified atom stereocenters. The maximum atomic E-state index is 13.0. The topological polar surface area (TPSA) is 87.7 Å². The minimum absolute atomic E-state index is 0.122. The van der Waals surface area contributed by atoms with E-state index in [9.17, 15) is 12.8 Å². The Morgan fingerprint density at radius 2 is 2.15 bits per heavy atom. The molecule has 2 aromatic rings. The fraction of sp³-hybridized carbons (Fsp3) is 0.273. The quantitative estimate of drug-likeness (QED) is 0.902. The number of nitrogens with zero attached hydrogens (tertiary/aromatic N) is 2. The number of hydrogen-bond acceptors (Lipinski definition) is 4. The van der Waals surface area contributed by atoms with E-state index < -0.39 is 21.9 Å². The molecular formula is C11H12ClFN4O2S. The van der Waals surface area contributed by atoms with E-state index in [4.69, 9.17) is 11.6 Å². The van der Waals surface area contributed by atoms with Crippen LogP contribution in [0.25, 0.3) is 0 Å². The van der Waals surface area contributed by atoms with Crippen molar-refractivity contribution in [3.8, 4) is 0 Å². The van der Waals surface area contributed by atoms with Crippen LogP contribution in [-0.4, -0.2) is 23.6 Å². The number of nitrogens with one attached hydrogen (secondary N) is 2. The van der Waals surface area contributed by atoms with Gasteiger partial charge in [0.25, 0.3) is 0 Å². The fourth-order valence-electron chi connectivity index (χ4n) is 1.55. The molecule has 0 saturated carbocycles. The van der Waals surface area contributed by atoms with Crippen LogP contribution in [0.5, 0.6) is 0 Å². The molecule has 0 amide bonds. The van der Waals surface area contributed by atoms with Crippen molar-refractivity contribution in [2.75, 3.05) is 0 Å².